The third-order valence-electron chi connectivity index (χ3n) is 18.4. The van der Waals surface area contributed by atoms with Crippen molar-refractivity contribution in [3.8, 4) is 69.2 Å². The van der Waals surface area contributed by atoms with E-state index in [9.17, 15) is 0 Å². The molecular weight excluding hydrogens is 1130 g/mol. The molecule has 15 aromatic rings. The Morgan fingerprint density at radius 3 is 1.39 bits per heavy atom. The fourth-order valence-electron chi connectivity index (χ4n) is 14.0. The van der Waals surface area contributed by atoms with E-state index in [1.807, 2.05) is 22.7 Å². The fourth-order valence-corrected chi connectivity index (χ4v) is 16.0. The molecule has 0 fully saturated rings. The molecule has 0 atom stereocenters. The zero-order valence-electron chi connectivity index (χ0n) is 49.9. The first-order valence-electron chi connectivity index (χ1n) is 30.6. The van der Waals surface area contributed by atoms with E-state index in [4.69, 9.17) is 9.47 Å². The molecule has 3 aromatic heterocycles. The van der Waals surface area contributed by atoms with Gasteiger partial charge in [0.05, 0.1) is 30.2 Å². The molecule has 0 amide bonds. The summed E-state index contributed by atoms with van der Waals surface area (Å²) in [5.41, 5.74) is 11.8. The SMILES string of the molecule is CCc1ccc(C2=[N+]3C(=Cc4c5ccc(OC)cc5c(-c5ccc(CC)s5)n4[B-]3(C#Cc3ccc(C#Cc4ccc5ccc6cccc7ccc4c5c67)cc3)C#Cc3ccc(C#Cc4ccc5ccc6cccc7ccc4c5c67)cc3)c3ccc(OC)cc32)s1. The van der Waals surface area contributed by atoms with Crippen LogP contribution in [0.1, 0.15) is 78.7 Å². The Morgan fingerprint density at radius 2 is 0.867 bits per heavy atom. The van der Waals surface area contributed by atoms with Crippen LogP contribution in [-0.2, 0) is 12.8 Å². The highest BCUT2D eigenvalue weighted by Crippen LogP contribution is 2.49. The van der Waals surface area contributed by atoms with Crippen LogP contribution >= 0.6 is 22.7 Å². The second-order valence-corrected chi connectivity index (χ2v) is 25.7. The average molecular weight is 1190 g/mol. The molecule has 0 saturated heterocycles. The minimum atomic E-state index is -2.50. The van der Waals surface area contributed by atoms with Gasteiger partial charge in [-0.05, 0) is 199 Å². The van der Waals surface area contributed by atoms with E-state index >= 15 is 0 Å². The van der Waals surface area contributed by atoms with Gasteiger partial charge >= 0.3 is 6.42 Å². The lowest BCUT2D eigenvalue weighted by Gasteiger charge is -2.36. The Kier molecular flexibility index (Phi) is 12.5. The van der Waals surface area contributed by atoms with Crippen LogP contribution in [0.25, 0.3) is 97.8 Å². The van der Waals surface area contributed by atoms with E-state index in [2.05, 4.69) is 294 Å². The van der Waals surface area contributed by atoms with Gasteiger partial charge in [0.2, 0.25) is 0 Å². The Morgan fingerprint density at radius 1 is 0.411 bits per heavy atom. The summed E-state index contributed by atoms with van der Waals surface area (Å²) >= 11 is 3.64. The topological polar surface area (TPSA) is 26.4 Å². The maximum atomic E-state index is 6.04. The van der Waals surface area contributed by atoms with Crippen LogP contribution < -0.4 is 9.47 Å². The van der Waals surface area contributed by atoms with E-state index in [0.717, 1.165) is 123 Å². The summed E-state index contributed by atoms with van der Waals surface area (Å²) in [5.74, 6) is 31.7. The Hall–Kier alpha value is -11.0. The average Bonchev–Trinajstić information content (AvgIpc) is 1.52. The smallest absolute Gasteiger partial charge is 0.497 e. The third kappa shape index (κ3) is 8.47. The number of hydrogen-bond donors (Lipinski definition) is 0. The van der Waals surface area contributed by atoms with Gasteiger partial charge in [-0.2, -0.15) is 11.6 Å². The first-order chi connectivity index (χ1) is 44.3. The standard InChI is InChI=1S/C83H53BN2O2S2/c1-5-66-37-43-76(89-66)82-72-49-64(87-3)35-41-70(72)74-51-75-71-42-36-65(88-4)50-73(71)83(77-44-38-67(6-2)90-77)86(75)84(85(74)82,47-45-54-17-13-52(14-18-54)21-23-56-25-27-62-31-29-58-9-7-11-60-33-39-68(56)80(62)78(58)60)48-46-55-19-15-53(16-20-55)22-24-57-26-28-63-32-30-59-10-8-12-61-34-40-69(57)81(63)79(59)61/h7-20,25-44,49-51H,5-6H2,1-4H3. The lowest BCUT2D eigenvalue weighted by atomic mass is 9.45. The quantitative estimate of drug-likeness (QED) is 0.0942. The van der Waals surface area contributed by atoms with Crippen molar-refractivity contribution in [1.29, 1.82) is 0 Å². The second-order valence-electron chi connectivity index (χ2n) is 23.3. The highest BCUT2D eigenvalue weighted by Gasteiger charge is 2.52. The molecule has 0 saturated carbocycles. The van der Waals surface area contributed by atoms with Crippen LogP contribution in [0.15, 0.2) is 218 Å². The van der Waals surface area contributed by atoms with Gasteiger partial charge in [0.15, 0.2) is 11.4 Å². The molecule has 0 spiro atoms. The number of ether oxygens (including phenoxy) is 2. The summed E-state index contributed by atoms with van der Waals surface area (Å²) in [5, 5.41) is 17.0. The van der Waals surface area contributed by atoms with Gasteiger partial charge < -0.3 is 18.4 Å². The normalized spacial score (nSPS) is 13.0. The first-order valence-corrected chi connectivity index (χ1v) is 32.3. The van der Waals surface area contributed by atoms with Crippen molar-refractivity contribution < 1.29 is 14.0 Å². The van der Waals surface area contributed by atoms with Crippen molar-refractivity contribution in [2.75, 3.05) is 14.2 Å². The lowest BCUT2D eigenvalue weighted by molar-refractivity contribution is -0.279. The van der Waals surface area contributed by atoms with Gasteiger partial charge in [-0.3, -0.25) is 0 Å². The summed E-state index contributed by atoms with van der Waals surface area (Å²) in [6.07, 6.45) is 1.69. The van der Waals surface area contributed by atoms with Gasteiger partial charge in [0.25, 0.3) is 0 Å². The molecule has 90 heavy (non-hydrogen) atoms. The molecule has 0 N–H and O–H groups in total. The Bertz CT molecular complexity index is 5610. The zero-order valence-corrected chi connectivity index (χ0v) is 51.5. The van der Waals surface area contributed by atoms with Crippen molar-refractivity contribution >= 4 is 122 Å². The monoisotopic (exact) mass is 1180 g/mol. The fraction of sp³-hybridized carbons (Fsp3) is 0.0723. The van der Waals surface area contributed by atoms with Crippen LogP contribution in [0.3, 0.4) is 0 Å². The van der Waals surface area contributed by atoms with Crippen LogP contribution in [0.4, 0.5) is 0 Å². The van der Waals surface area contributed by atoms with Gasteiger partial charge in [0.1, 0.15) is 11.5 Å². The molecule has 0 aliphatic carbocycles. The predicted octanol–water partition coefficient (Wildman–Crippen LogP) is 19.0. The predicted molar refractivity (Wildman–Crippen MR) is 379 cm³/mol. The van der Waals surface area contributed by atoms with Gasteiger partial charge in [0, 0.05) is 76.2 Å². The number of benzene rings is 12. The van der Waals surface area contributed by atoms with Gasteiger partial charge in [-0.25, -0.2) is 0 Å². The van der Waals surface area contributed by atoms with Crippen molar-refractivity contribution in [3.05, 3.63) is 283 Å². The van der Waals surface area contributed by atoms with Crippen molar-refractivity contribution in [2.45, 2.75) is 26.7 Å². The molecule has 0 bridgehead atoms. The Balaban J connectivity index is 0.867. The van der Waals surface area contributed by atoms with Crippen LogP contribution in [0.2, 0.25) is 0 Å². The van der Waals surface area contributed by atoms with Crippen molar-refractivity contribution in [2.24, 2.45) is 0 Å². The Labute approximate surface area is 530 Å². The highest BCUT2D eigenvalue weighted by molar-refractivity contribution is 7.15. The molecule has 0 unspecified atom stereocenters. The van der Waals surface area contributed by atoms with Gasteiger partial charge in [-0.15, -0.1) is 34.5 Å². The number of fused-ring (bicyclic) bond motifs is 6. The molecular formula is C83H53BN2O2S2. The lowest BCUT2D eigenvalue weighted by Crippen LogP contribution is -2.56. The number of hydrogen-bond acceptors (Lipinski definition) is 4. The molecule has 4 nitrogen and oxygen atoms in total. The van der Waals surface area contributed by atoms with Crippen LogP contribution in [-0.4, -0.2) is 35.3 Å². The number of aromatic nitrogens is 1. The van der Waals surface area contributed by atoms with E-state index in [1.54, 1.807) is 14.2 Å². The minimum Gasteiger partial charge on any atom is -0.497 e. The van der Waals surface area contributed by atoms with Crippen LogP contribution in [0.5, 0.6) is 11.5 Å². The third-order valence-corrected chi connectivity index (χ3v) is 20.8. The molecule has 422 valence electrons. The molecule has 5 heterocycles. The van der Waals surface area contributed by atoms with E-state index in [1.165, 1.54) is 63.6 Å². The molecule has 7 heteroatoms. The summed E-state index contributed by atoms with van der Waals surface area (Å²) in [6, 6.07) is 78.3. The largest absolute Gasteiger partial charge is 0.521 e. The molecule has 0 radical (unpaired) electrons. The first kappa shape index (κ1) is 53.2. The minimum absolute atomic E-state index is 0.780. The number of aryl methyl sites for hydroxylation is 2. The van der Waals surface area contributed by atoms with E-state index in [0.29, 0.717) is 0 Å². The van der Waals surface area contributed by atoms with E-state index in [-0.39, 0.29) is 0 Å². The number of methoxy groups -OCH3 is 2. The van der Waals surface area contributed by atoms with Gasteiger partial charge in [-0.1, -0.05) is 135 Å². The summed E-state index contributed by atoms with van der Waals surface area (Å²) < 4.78 is 17.1. The second kappa shape index (κ2) is 21.1. The number of thiophene rings is 2. The van der Waals surface area contributed by atoms with E-state index < -0.39 is 6.42 Å². The summed E-state index contributed by atoms with van der Waals surface area (Å²) in [6.45, 7) is 4.45. The maximum absolute atomic E-state index is 6.04. The zero-order chi connectivity index (χ0) is 60.2. The maximum Gasteiger partial charge on any atom is 0.521 e. The molecule has 2 aliphatic heterocycles. The summed E-state index contributed by atoms with van der Waals surface area (Å²) in [7, 11) is 3.48. The summed E-state index contributed by atoms with van der Waals surface area (Å²) in [4.78, 5) is 4.85. The molecule has 12 aromatic carbocycles. The molecule has 17 rings (SSSR count). The number of rotatable bonds is 6. The molecule has 2 aliphatic rings. The number of nitrogens with zero attached hydrogens (tertiary/aromatic N) is 2. The van der Waals surface area contributed by atoms with Crippen LogP contribution in [0, 0.1) is 47.2 Å². The van der Waals surface area contributed by atoms with Crippen molar-refractivity contribution in [3.63, 3.8) is 0 Å². The highest BCUT2D eigenvalue weighted by atomic mass is 32.1. The van der Waals surface area contributed by atoms with Crippen molar-refractivity contribution in [1.82, 2.24) is 4.48 Å².